The Kier molecular flexibility index (Phi) is 3.01. The quantitative estimate of drug-likeness (QED) is 0.810. The number of ether oxygens (including phenoxy) is 4. The van der Waals surface area contributed by atoms with E-state index in [0.29, 0.717) is 36.8 Å². The van der Waals surface area contributed by atoms with Gasteiger partial charge in [-0.25, -0.2) is 0 Å². The van der Waals surface area contributed by atoms with E-state index in [1.54, 1.807) is 25.3 Å². The van der Waals surface area contributed by atoms with E-state index in [4.69, 9.17) is 18.9 Å². The summed E-state index contributed by atoms with van der Waals surface area (Å²) in [5.74, 6) is 1.58. The maximum Gasteiger partial charge on any atom is 0.254 e. The zero-order chi connectivity index (χ0) is 14.4. The maximum absolute atomic E-state index is 12.8. The van der Waals surface area contributed by atoms with Gasteiger partial charge in [-0.15, -0.1) is 0 Å². The Bertz CT molecular complexity index is 575. The van der Waals surface area contributed by atoms with E-state index in [0.717, 1.165) is 0 Å². The highest BCUT2D eigenvalue weighted by Gasteiger charge is 2.47. The van der Waals surface area contributed by atoms with Crippen LogP contribution in [-0.4, -0.2) is 56.6 Å². The first-order valence-corrected chi connectivity index (χ1v) is 7.09. The van der Waals surface area contributed by atoms with Gasteiger partial charge in [0.05, 0.1) is 25.4 Å². The van der Waals surface area contributed by atoms with E-state index in [9.17, 15) is 4.79 Å². The van der Waals surface area contributed by atoms with Gasteiger partial charge in [-0.05, 0) is 18.2 Å². The summed E-state index contributed by atoms with van der Waals surface area (Å²) in [7, 11) is 1.69. The number of amides is 1. The van der Waals surface area contributed by atoms with Crippen LogP contribution in [0.15, 0.2) is 18.2 Å². The number of carbonyl (C=O) groups excluding carboxylic acids is 1. The molecular formula is C15H17NO5. The molecular weight excluding hydrogens is 274 g/mol. The standard InChI is InChI=1S/C15H17NO5/c1-18-14-5-16(11-7-19-6-10(11)14)15(17)9-2-3-12-13(4-9)21-8-20-12/h2-4,10-11,14H,5-8H2,1H3/t10-,11+,14-/m1/s1. The lowest BCUT2D eigenvalue weighted by Crippen LogP contribution is -2.38. The van der Waals surface area contributed by atoms with Crippen LogP contribution >= 0.6 is 0 Å². The Morgan fingerprint density at radius 1 is 1.29 bits per heavy atom. The number of rotatable bonds is 2. The molecule has 0 aromatic heterocycles. The molecule has 112 valence electrons. The number of hydrogen-bond acceptors (Lipinski definition) is 5. The van der Waals surface area contributed by atoms with Crippen molar-refractivity contribution in [3.05, 3.63) is 23.8 Å². The lowest BCUT2D eigenvalue weighted by atomic mass is 10.0. The van der Waals surface area contributed by atoms with Crippen molar-refractivity contribution in [2.75, 3.05) is 33.7 Å². The van der Waals surface area contributed by atoms with Crippen LogP contribution in [0.1, 0.15) is 10.4 Å². The van der Waals surface area contributed by atoms with Gasteiger partial charge in [-0.1, -0.05) is 0 Å². The molecule has 0 radical (unpaired) electrons. The second-order valence-electron chi connectivity index (χ2n) is 5.57. The van der Waals surface area contributed by atoms with Crippen molar-refractivity contribution < 1.29 is 23.7 Å². The van der Waals surface area contributed by atoms with Gasteiger partial charge in [0.1, 0.15) is 0 Å². The second-order valence-corrected chi connectivity index (χ2v) is 5.57. The molecule has 3 aliphatic heterocycles. The van der Waals surface area contributed by atoms with Crippen LogP contribution in [0.25, 0.3) is 0 Å². The minimum atomic E-state index is -0.00616. The molecule has 2 fully saturated rings. The van der Waals surface area contributed by atoms with Gasteiger partial charge in [0.25, 0.3) is 5.91 Å². The molecule has 6 heteroatoms. The third kappa shape index (κ3) is 1.98. The Hall–Kier alpha value is -1.79. The van der Waals surface area contributed by atoms with Crippen molar-refractivity contribution in [2.24, 2.45) is 5.92 Å². The number of benzene rings is 1. The van der Waals surface area contributed by atoms with Crippen molar-refractivity contribution in [1.29, 1.82) is 0 Å². The zero-order valence-corrected chi connectivity index (χ0v) is 11.8. The van der Waals surface area contributed by atoms with E-state index < -0.39 is 0 Å². The summed E-state index contributed by atoms with van der Waals surface area (Å²) in [6, 6.07) is 5.41. The molecule has 0 aliphatic carbocycles. The van der Waals surface area contributed by atoms with Crippen LogP contribution < -0.4 is 9.47 Å². The summed E-state index contributed by atoms with van der Waals surface area (Å²) in [4.78, 5) is 14.6. The highest BCUT2D eigenvalue weighted by atomic mass is 16.7. The van der Waals surface area contributed by atoms with Gasteiger partial charge >= 0.3 is 0 Å². The highest BCUT2D eigenvalue weighted by molar-refractivity contribution is 5.95. The minimum absolute atomic E-state index is 0.00616. The molecule has 0 saturated carbocycles. The van der Waals surface area contributed by atoms with Crippen molar-refractivity contribution in [2.45, 2.75) is 12.1 Å². The number of hydrogen-bond donors (Lipinski definition) is 0. The zero-order valence-electron chi connectivity index (χ0n) is 11.8. The Morgan fingerprint density at radius 3 is 3.00 bits per heavy atom. The normalized spacial score (nSPS) is 29.8. The Labute approximate surface area is 122 Å². The van der Waals surface area contributed by atoms with Crippen molar-refractivity contribution in [1.82, 2.24) is 4.90 Å². The molecule has 3 atom stereocenters. The van der Waals surface area contributed by atoms with E-state index in [1.165, 1.54) is 0 Å². The van der Waals surface area contributed by atoms with Gasteiger partial charge in [-0.3, -0.25) is 4.79 Å². The SMILES string of the molecule is CO[C@@H]1CN(C(=O)c2ccc3c(c2)OCO3)[C@H]2COC[C@@H]12. The predicted octanol–water partition coefficient (Wildman–Crippen LogP) is 0.901. The lowest BCUT2D eigenvalue weighted by molar-refractivity contribution is 0.0479. The maximum atomic E-state index is 12.8. The Morgan fingerprint density at radius 2 is 2.14 bits per heavy atom. The highest BCUT2D eigenvalue weighted by Crippen LogP contribution is 2.36. The van der Waals surface area contributed by atoms with Crippen LogP contribution in [-0.2, 0) is 9.47 Å². The molecule has 1 aromatic rings. The van der Waals surface area contributed by atoms with Crippen LogP contribution in [0, 0.1) is 5.92 Å². The molecule has 3 heterocycles. The first kappa shape index (κ1) is 12.9. The monoisotopic (exact) mass is 291 g/mol. The average Bonchev–Trinajstić information content (AvgIpc) is 3.21. The summed E-state index contributed by atoms with van der Waals surface area (Å²) in [6.45, 7) is 2.07. The predicted molar refractivity (Wildman–Crippen MR) is 72.5 cm³/mol. The molecule has 4 rings (SSSR count). The molecule has 21 heavy (non-hydrogen) atoms. The van der Waals surface area contributed by atoms with Crippen LogP contribution in [0.3, 0.4) is 0 Å². The number of fused-ring (bicyclic) bond motifs is 2. The summed E-state index contributed by atoms with van der Waals surface area (Å²) in [5.41, 5.74) is 0.613. The molecule has 0 N–H and O–H groups in total. The summed E-state index contributed by atoms with van der Waals surface area (Å²) >= 11 is 0. The molecule has 6 nitrogen and oxygen atoms in total. The van der Waals surface area contributed by atoms with Crippen molar-refractivity contribution >= 4 is 5.91 Å². The second kappa shape index (κ2) is 4.89. The van der Waals surface area contributed by atoms with Crippen molar-refractivity contribution in [3.63, 3.8) is 0 Å². The fourth-order valence-electron chi connectivity index (χ4n) is 3.38. The smallest absolute Gasteiger partial charge is 0.254 e. The first-order valence-electron chi connectivity index (χ1n) is 7.09. The van der Waals surface area contributed by atoms with E-state index >= 15 is 0 Å². The van der Waals surface area contributed by atoms with Crippen molar-refractivity contribution in [3.8, 4) is 11.5 Å². The number of likely N-dealkylation sites (tertiary alicyclic amines) is 1. The lowest BCUT2D eigenvalue weighted by Gasteiger charge is -2.22. The van der Waals surface area contributed by atoms with Gasteiger partial charge in [0, 0.05) is 25.1 Å². The summed E-state index contributed by atoms with van der Waals surface area (Å²) in [6.07, 6.45) is 0.0514. The minimum Gasteiger partial charge on any atom is -0.454 e. The van der Waals surface area contributed by atoms with Crippen LogP contribution in [0.4, 0.5) is 0 Å². The third-order valence-corrected chi connectivity index (χ3v) is 4.53. The summed E-state index contributed by atoms with van der Waals surface area (Å²) < 4.78 is 21.6. The number of nitrogens with zero attached hydrogens (tertiary/aromatic N) is 1. The van der Waals surface area contributed by atoms with Gasteiger partial charge in [0.15, 0.2) is 11.5 Å². The van der Waals surface area contributed by atoms with Gasteiger partial charge in [-0.2, -0.15) is 0 Å². The molecule has 3 aliphatic rings. The topological polar surface area (TPSA) is 57.2 Å². The number of methoxy groups -OCH3 is 1. The molecule has 1 aromatic carbocycles. The van der Waals surface area contributed by atoms with E-state index in [1.807, 2.05) is 4.90 Å². The van der Waals surface area contributed by atoms with Crippen LogP contribution in [0.5, 0.6) is 11.5 Å². The first-order chi connectivity index (χ1) is 10.3. The molecule has 1 amide bonds. The number of carbonyl (C=O) groups is 1. The van der Waals surface area contributed by atoms with Gasteiger partial charge < -0.3 is 23.8 Å². The molecule has 0 unspecified atom stereocenters. The van der Waals surface area contributed by atoms with Gasteiger partial charge in [0.2, 0.25) is 6.79 Å². The third-order valence-electron chi connectivity index (χ3n) is 4.53. The fourth-order valence-corrected chi connectivity index (χ4v) is 3.38. The largest absolute Gasteiger partial charge is 0.454 e. The van der Waals surface area contributed by atoms with E-state index in [-0.39, 0.29) is 30.8 Å². The molecule has 0 bridgehead atoms. The molecule has 0 spiro atoms. The fraction of sp³-hybridized carbons (Fsp3) is 0.533. The van der Waals surface area contributed by atoms with E-state index in [2.05, 4.69) is 0 Å². The summed E-state index contributed by atoms with van der Waals surface area (Å²) in [5, 5.41) is 0. The average molecular weight is 291 g/mol. The Balaban J connectivity index is 1.60. The molecule has 2 saturated heterocycles. The van der Waals surface area contributed by atoms with Crippen LogP contribution in [0.2, 0.25) is 0 Å².